The molecule has 3 aromatic rings. The molecule has 0 aliphatic rings. The van der Waals surface area contributed by atoms with E-state index < -0.39 is 4.92 Å². The van der Waals surface area contributed by atoms with Crippen molar-refractivity contribution >= 4 is 28.7 Å². The molecule has 8 heteroatoms. The normalized spacial score (nSPS) is 11.1. The van der Waals surface area contributed by atoms with Crippen LogP contribution in [0.3, 0.4) is 0 Å². The number of non-ortho nitro benzene ring substituents is 1. The summed E-state index contributed by atoms with van der Waals surface area (Å²) in [7, 11) is 0. The second-order valence-corrected chi connectivity index (χ2v) is 5.30. The number of benzene rings is 2. The zero-order chi connectivity index (χ0) is 17.1. The number of nitro benzene ring substituents is 1. The number of nitro groups is 1. The Hall–Kier alpha value is -3.06. The van der Waals surface area contributed by atoms with Gasteiger partial charge in [-0.2, -0.15) is 10.2 Å². The number of aromatic nitrogens is 2. The van der Waals surface area contributed by atoms with Crippen molar-refractivity contribution in [2.75, 3.05) is 0 Å². The Kier molecular flexibility index (Phi) is 4.35. The molecular weight excluding hydrogens is 330 g/mol. The lowest BCUT2D eigenvalue weighted by Crippen LogP contribution is -1.95. The highest BCUT2D eigenvalue weighted by molar-refractivity contribution is 6.32. The van der Waals surface area contributed by atoms with E-state index in [1.807, 2.05) is 30.3 Å². The second kappa shape index (κ2) is 6.59. The van der Waals surface area contributed by atoms with Gasteiger partial charge in [0.2, 0.25) is 0 Å². The molecule has 0 fully saturated rings. The van der Waals surface area contributed by atoms with Crippen LogP contribution in [0.2, 0.25) is 5.15 Å². The van der Waals surface area contributed by atoms with E-state index >= 15 is 0 Å². The first-order valence-electron chi connectivity index (χ1n) is 7.03. The minimum absolute atomic E-state index is 0.0000557. The van der Waals surface area contributed by atoms with Crippen LogP contribution < -0.4 is 0 Å². The predicted octanol–water partition coefficient (Wildman–Crippen LogP) is 5.16. The number of aryl methyl sites for hydroxylation is 1. The molecule has 0 radical (unpaired) electrons. The van der Waals surface area contributed by atoms with Crippen molar-refractivity contribution in [1.29, 1.82) is 0 Å². The van der Waals surface area contributed by atoms with Crippen LogP contribution in [-0.4, -0.2) is 14.7 Å². The zero-order valence-corrected chi connectivity index (χ0v) is 13.4. The Morgan fingerprint density at radius 2 is 1.75 bits per heavy atom. The third-order valence-corrected chi connectivity index (χ3v) is 3.64. The molecule has 120 valence electrons. The van der Waals surface area contributed by atoms with Gasteiger partial charge >= 0.3 is 0 Å². The molecule has 0 aliphatic heterocycles. The van der Waals surface area contributed by atoms with E-state index in [2.05, 4.69) is 15.3 Å². The van der Waals surface area contributed by atoms with E-state index in [1.54, 1.807) is 11.6 Å². The molecule has 0 amide bonds. The topological polar surface area (TPSA) is 85.7 Å². The average Bonchev–Trinajstić information content (AvgIpc) is 2.88. The van der Waals surface area contributed by atoms with Crippen LogP contribution in [-0.2, 0) is 0 Å². The molecule has 2 aromatic carbocycles. The number of para-hydroxylation sites is 1. The number of azo groups is 1. The standard InChI is InChI=1S/C16H12ClN5O2/c1-11-15(16(17)21(20-11)13-5-3-2-4-6-13)19-18-12-7-9-14(10-8-12)22(23)24/h2-10H,1H3. The maximum absolute atomic E-state index is 10.6. The van der Waals surface area contributed by atoms with Crippen molar-refractivity contribution in [2.45, 2.75) is 6.92 Å². The summed E-state index contributed by atoms with van der Waals surface area (Å²) in [6.45, 7) is 1.79. The van der Waals surface area contributed by atoms with Crippen LogP contribution in [0, 0.1) is 17.0 Å². The maximum atomic E-state index is 10.6. The zero-order valence-electron chi connectivity index (χ0n) is 12.6. The van der Waals surface area contributed by atoms with Crippen LogP contribution in [0.4, 0.5) is 17.1 Å². The van der Waals surface area contributed by atoms with Gasteiger partial charge in [0.25, 0.3) is 5.69 Å². The SMILES string of the molecule is Cc1nn(-c2ccccc2)c(Cl)c1N=Nc1ccc([N+](=O)[O-])cc1. The molecular formula is C16H12ClN5O2. The minimum atomic E-state index is -0.466. The van der Waals surface area contributed by atoms with E-state index in [0.29, 0.717) is 22.2 Å². The fourth-order valence-electron chi connectivity index (χ4n) is 2.09. The lowest BCUT2D eigenvalue weighted by Gasteiger charge is -2.01. The Labute approximate surface area is 142 Å². The van der Waals surface area contributed by atoms with E-state index in [-0.39, 0.29) is 5.69 Å². The quantitative estimate of drug-likeness (QED) is 0.373. The van der Waals surface area contributed by atoms with Crippen LogP contribution in [0.5, 0.6) is 0 Å². The van der Waals surface area contributed by atoms with Gasteiger partial charge in [0.05, 0.1) is 22.0 Å². The van der Waals surface area contributed by atoms with E-state index in [0.717, 1.165) is 5.69 Å². The van der Waals surface area contributed by atoms with Crippen LogP contribution in [0.1, 0.15) is 5.69 Å². The van der Waals surface area contributed by atoms with Crippen molar-refractivity contribution < 1.29 is 4.92 Å². The van der Waals surface area contributed by atoms with E-state index in [1.165, 1.54) is 24.3 Å². The highest BCUT2D eigenvalue weighted by Crippen LogP contribution is 2.32. The first-order valence-corrected chi connectivity index (χ1v) is 7.41. The summed E-state index contributed by atoms with van der Waals surface area (Å²) in [5, 5.41) is 23.6. The first-order chi connectivity index (χ1) is 11.6. The van der Waals surface area contributed by atoms with Gasteiger partial charge in [-0.25, -0.2) is 4.68 Å². The largest absolute Gasteiger partial charge is 0.269 e. The van der Waals surface area contributed by atoms with E-state index in [4.69, 9.17) is 11.6 Å². The Bertz CT molecular complexity index is 904. The molecule has 7 nitrogen and oxygen atoms in total. The van der Waals surface area contributed by atoms with Crippen LogP contribution in [0.25, 0.3) is 5.69 Å². The second-order valence-electron chi connectivity index (χ2n) is 4.95. The molecule has 1 heterocycles. The summed E-state index contributed by atoms with van der Waals surface area (Å²) >= 11 is 6.35. The molecule has 0 saturated carbocycles. The fourth-order valence-corrected chi connectivity index (χ4v) is 2.40. The number of hydrogen-bond acceptors (Lipinski definition) is 5. The van der Waals surface area contributed by atoms with Crippen LogP contribution in [0.15, 0.2) is 64.8 Å². The molecule has 0 saturated heterocycles. The smallest absolute Gasteiger partial charge is 0.258 e. The van der Waals surface area contributed by atoms with Crippen molar-refractivity contribution in [2.24, 2.45) is 10.2 Å². The lowest BCUT2D eigenvalue weighted by molar-refractivity contribution is -0.384. The summed E-state index contributed by atoms with van der Waals surface area (Å²) in [6, 6.07) is 15.2. The number of hydrogen-bond donors (Lipinski definition) is 0. The number of halogens is 1. The van der Waals surface area contributed by atoms with Crippen molar-refractivity contribution in [1.82, 2.24) is 9.78 Å². The number of rotatable bonds is 4. The maximum Gasteiger partial charge on any atom is 0.269 e. The summed E-state index contributed by atoms with van der Waals surface area (Å²) in [6.07, 6.45) is 0. The Balaban J connectivity index is 1.90. The van der Waals surface area contributed by atoms with Gasteiger partial charge in [-0.05, 0) is 31.2 Å². The van der Waals surface area contributed by atoms with Gasteiger partial charge in [0, 0.05) is 12.1 Å². The lowest BCUT2D eigenvalue weighted by atomic mass is 10.3. The monoisotopic (exact) mass is 341 g/mol. The molecule has 0 atom stereocenters. The molecule has 24 heavy (non-hydrogen) atoms. The van der Waals surface area contributed by atoms with Crippen molar-refractivity contribution in [3.05, 3.63) is 75.6 Å². The molecule has 3 rings (SSSR count). The van der Waals surface area contributed by atoms with Gasteiger partial charge < -0.3 is 0 Å². The van der Waals surface area contributed by atoms with Gasteiger partial charge in [0.15, 0.2) is 5.15 Å². The minimum Gasteiger partial charge on any atom is -0.258 e. The molecule has 0 spiro atoms. The average molecular weight is 342 g/mol. The molecule has 0 unspecified atom stereocenters. The molecule has 1 aromatic heterocycles. The summed E-state index contributed by atoms with van der Waals surface area (Å²) < 4.78 is 1.58. The van der Waals surface area contributed by atoms with Crippen molar-refractivity contribution in [3.8, 4) is 5.69 Å². The molecule has 0 bridgehead atoms. The third kappa shape index (κ3) is 3.16. The highest BCUT2D eigenvalue weighted by Gasteiger charge is 2.14. The van der Waals surface area contributed by atoms with Gasteiger partial charge in [-0.3, -0.25) is 10.1 Å². The van der Waals surface area contributed by atoms with Gasteiger partial charge in [-0.15, -0.1) is 5.11 Å². The summed E-state index contributed by atoms with van der Waals surface area (Å²) in [4.78, 5) is 10.2. The van der Waals surface area contributed by atoms with E-state index in [9.17, 15) is 10.1 Å². The fraction of sp³-hybridized carbons (Fsp3) is 0.0625. The van der Waals surface area contributed by atoms with Crippen molar-refractivity contribution in [3.63, 3.8) is 0 Å². The molecule has 0 N–H and O–H groups in total. The highest BCUT2D eigenvalue weighted by atomic mass is 35.5. The Morgan fingerprint density at radius 1 is 1.08 bits per heavy atom. The first kappa shape index (κ1) is 15.8. The summed E-state index contributed by atoms with van der Waals surface area (Å²) in [5.74, 6) is 0. The predicted molar refractivity (Wildman–Crippen MR) is 90.6 cm³/mol. The van der Waals surface area contributed by atoms with Gasteiger partial charge in [0.1, 0.15) is 5.69 Å². The third-order valence-electron chi connectivity index (χ3n) is 3.30. The summed E-state index contributed by atoms with van der Waals surface area (Å²) in [5.41, 5.74) is 2.40. The number of nitrogens with zero attached hydrogens (tertiary/aromatic N) is 5. The van der Waals surface area contributed by atoms with Crippen LogP contribution >= 0.6 is 11.6 Å². The Morgan fingerprint density at radius 3 is 2.38 bits per heavy atom. The van der Waals surface area contributed by atoms with Gasteiger partial charge in [-0.1, -0.05) is 29.8 Å². The molecule has 0 aliphatic carbocycles.